The second kappa shape index (κ2) is 2.88. The highest BCUT2D eigenvalue weighted by atomic mass is 19.3. The molecular formula is C3H5F3O2. The molecule has 0 saturated heterocycles. The van der Waals surface area contributed by atoms with Gasteiger partial charge in [-0.05, 0) is 0 Å². The van der Waals surface area contributed by atoms with Crippen molar-refractivity contribution < 1.29 is 23.0 Å². The van der Waals surface area contributed by atoms with Crippen LogP contribution in [0.15, 0.2) is 0 Å². The molecule has 0 aromatic carbocycles. The fourth-order valence-corrected chi connectivity index (χ4v) is 0.133. The van der Waals surface area contributed by atoms with E-state index in [-0.39, 0.29) is 0 Å². The molecule has 0 fully saturated rings. The van der Waals surface area contributed by atoms with E-state index in [0.29, 0.717) is 0 Å². The molecule has 8 heavy (non-hydrogen) atoms. The van der Waals surface area contributed by atoms with Crippen molar-refractivity contribution in [1.82, 2.24) is 0 Å². The van der Waals surface area contributed by atoms with Gasteiger partial charge in [0.1, 0.15) is 6.79 Å². The van der Waals surface area contributed by atoms with Crippen LogP contribution in [0.3, 0.4) is 0 Å². The Balaban J connectivity index is 3.37. The highest BCUT2D eigenvalue weighted by Crippen LogP contribution is 2.13. The number of aliphatic hydroxyl groups excluding tert-OH is 1. The lowest BCUT2D eigenvalue weighted by atomic mass is 10.7. The molecule has 0 aromatic heterocycles. The quantitative estimate of drug-likeness (QED) is 0.564. The van der Waals surface area contributed by atoms with E-state index in [4.69, 9.17) is 5.11 Å². The maximum Gasteiger partial charge on any atom is 0.386 e. The van der Waals surface area contributed by atoms with Crippen LogP contribution in [-0.2, 0) is 4.74 Å². The number of hydrogen-bond acceptors (Lipinski definition) is 2. The molecule has 2 nitrogen and oxygen atoms in total. The second-order valence-corrected chi connectivity index (χ2v) is 1.04. The molecule has 0 atom stereocenters. The average Bonchev–Trinajstić information content (AvgIpc) is 1.67. The van der Waals surface area contributed by atoms with Crippen molar-refractivity contribution >= 4 is 0 Å². The molecule has 0 amide bonds. The number of hydrogen-bond donors (Lipinski definition) is 1. The van der Waals surface area contributed by atoms with Gasteiger partial charge < -0.3 is 5.11 Å². The highest BCUT2D eigenvalue weighted by Gasteiger charge is 2.29. The van der Waals surface area contributed by atoms with Crippen LogP contribution < -0.4 is 0 Å². The van der Waals surface area contributed by atoms with Gasteiger partial charge in [0, 0.05) is 0 Å². The SMILES string of the molecule is OCOC(F)(F)CF. The molecule has 0 radical (unpaired) electrons. The Labute approximate surface area is 43.9 Å². The van der Waals surface area contributed by atoms with E-state index in [9.17, 15) is 13.2 Å². The lowest BCUT2D eigenvalue weighted by molar-refractivity contribution is -0.273. The summed E-state index contributed by atoms with van der Waals surface area (Å²) < 4.78 is 37.0. The van der Waals surface area contributed by atoms with Gasteiger partial charge in [0.15, 0.2) is 6.67 Å². The number of halogens is 3. The van der Waals surface area contributed by atoms with Gasteiger partial charge in [-0.25, -0.2) is 4.39 Å². The monoisotopic (exact) mass is 130 g/mol. The first kappa shape index (κ1) is 7.71. The molecule has 1 N–H and O–H groups in total. The van der Waals surface area contributed by atoms with Crippen molar-refractivity contribution in [3.63, 3.8) is 0 Å². The van der Waals surface area contributed by atoms with Gasteiger partial charge in [-0.3, -0.25) is 4.74 Å². The van der Waals surface area contributed by atoms with Crippen molar-refractivity contribution in [1.29, 1.82) is 0 Å². The van der Waals surface area contributed by atoms with E-state index < -0.39 is 19.6 Å². The largest absolute Gasteiger partial charge is 0.386 e. The Hall–Kier alpha value is -0.290. The first-order valence-electron chi connectivity index (χ1n) is 1.81. The van der Waals surface area contributed by atoms with Crippen LogP contribution in [0.4, 0.5) is 13.2 Å². The van der Waals surface area contributed by atoms with Gasteiger partial charge in [-0.15, -0.1) is 0 Å². The number of ether oxygens (including phenoxy) is 1. The predicted molar refractivity (Wildman–Crippen MR) is 19.1 cm³/mol. The minimum Gasteiger partial charge on any atom is -0.370 e. The summed E-state index contributed by atoms with van der Waals surface area (Å²) in [4.78, 5) is 0. The molecule has 0 aliphatic rings. The zero-order valence-corrected chi connectivity index (χ0v) is 3.90. The van der Waals surface area contributed by atoms with E-state index in [1.165, 1.54) is 0 Å². The number of alkyl halides is 3. The summed E-state index contributed by atoms with van der Waals surface area (Å²) in [6, 6.07) is 0. The third-order valence-corrected chi connectivity index (χ3v) is 0.431. The third kappa shape index (κ3) is 2.81. The zero-order chi connectivity index (χ0) is 6.62. The lowest BCUT2D eigenvalue weighted by Gasteiger charge is -2.08. The van der Waals surface area contributed by atoms with Gasteiger partial charge in [-0.2, -0.15) is 8.78 Å². The van der Waals surface area contributed by atoms with Gasteiger partial charge >= 0.3 is 6.11 Å². The Morgan fingerprint density at radius 3 is 2.12 bits per heavy atom. The summed E-state index contributed by atoms with van der Waals surface area (Å²) in [5.74, 6) is 0. The van der Waals surface area contributed by atoms with Gasteiger partial charge in [0.2, 0.25) is 0 Å². The van der Waals surface area contributed by atoms with E-state index in [1.54, 1.807) is 0 Å². The number of aliphatic hydroxyl groups is 1. The molecule has 0 saturated carbocycles. The van der Waals surface area contributed by atoms with Crippen LogP contribution in [0.2, 0.25) is 0 Å². The average molecular weight is 130 g/mol. The topological polar surface area (TPSA) is 29.5 Å². The molecule has 5 heteroatoms. The van der Waals surface area contributed by atoms with Crippen LogP contribution in [0.5, 0.6) is 0 Å². The lowest BCUT2D eigenvalue weighted by Crippen LogP contribution is -2.23. The fourth-order valence-electron chi connectivity index (χ4n) is 0.133. The number of rotatable bonds is 3. The third-order valence-electron chi connectivity index (χ3n) is 0.431. The maximum absolute atomic E-state index is 11.4. The first-order valence-corrected chi connectivity index (χ1v) is 1.81. The summed E-state index contributed by atoms with van der Waals surface area (Å²) in [5, 5.41) is 7.66. The summed E-state index contributed by atoms with van der Waals surface area (Å²) in [5.41, 5.74) is 0. The summed E-state index contributed by atoms with van der Waals surface area (Å²) >= 11 is 0. The van der Waals surface area contributed by atoms with Crippen LogP contribution in [-0.4, -0.2) is 24.7 Å². The van der Waals surface area contributed by atoms with E-state index >= 15 is 0 Å². The molecule has 0 rings (SSSR count). The standard InChI is InChI=1S/C3H5F3O2/c4-1-3(5,6)8-2-7/h7H,1-2H2. The minimum absolute atomic E-state index is 1.17. The Morgan fingerprint density at radius 1 is 1.50 bits per heavy atom. The van der Waals surface area contributed by atoms with E-state index in [1.807, 2.05) is 0 Å². The van der Waals surface area contributed by atoms with Crippen molar-refractivity contribution in [3.8, 4) is 0 Å². The van der Waals surface area contributed by atoms with Crippen LogP contribution in [0, 0.1) is 0 Å². The molecule has 50 valence electrons. The first-order chi connectivity index (χ1) is 3.62. The smallest absolute Gasteiger partial charge is 0.370 e. The van der Waals surface area contributed by atoms with Gasteiger partial charge in [0.05, 0.1) is 0 Å². The Kier molecular flexibility index (Phi) is 2.78. The minimum atomic E-state index is -3.82. The van der Waals surface area contributed by atoms with E-state index in [2.05, 4.69) is 4.74 Å². The van der Waals surface area contributed by atoms with Crippen molar-refractivity contribution in [2.75, 3.05) is 13.5 Å². The van der Waals surface area contributed by atoms with Crippen LogP contribution in [0.1, 0.15) is 0 Å². The molecule has 0 heterocycles. The zero-order valence-electron chi connectivity index (χ0n) is 3.90. The summed E-state index contributed by atoms with van der Waals surface area (Å²) in [7, 11) is 0. The van der Waals surface area contributed by atoms with Crippen LogP contribution >= 0.6 is 0 Å². The maximum atomic E-state index is 11.4. The van der Waals surface area contributed by atoms with Gasteiger partial charge in [-0.1, -0.05) is 0 Å². The van der Waals surface area contributed by atoms with Crippen LogP contribution in [0.25, 0.3) is 0 Å². The fraction of sp³-hybridized carbons (Fsp3) is 1.00. The molecular weight excluding hydrogens is 125 g/mol. The summed E-state index contributed by atoms with van der Waals surface area (Å²) in [6.07, 6.45) is -3.82. The molecule has 0 bridgehead atoms. The van der Waals surface area contributed by atoms with Crippen molar-refractivity contribution in [2.24, 2.45) is 0 Å². The normalized spacial score (nSPS) is 12.0. The van der Waals surface area contributed by atoms with Crippen molar-refractivity contribution in [2.45, 2.75) is 6.11 Å². The summed E-state index contributed by atoms with van der Waals surface area (Å²) in [6.45, 7) is -3.08. The predicted octanol–water partition coefficient (Wildman–Crippen LogP) is 0.515. The Morgan fingerprint density at radius 2 is 2.00 bits per heavy atom. The molecule has 0 spiro atoms. The molecule has 0 aliphatic carbocycles. The highest BCUT2D eigenvalue weighted by molar-refractivity contribution is 4.44. The second-order valence-electron chi connectivity index (χ2n) is 1.04. The van der Waals surface area contributed by atoms with E-state index in [0.717, 1.165) is 0 Å². The van der Waals surface area contributed by atoms with Crippen molar-refractivity contribution in [3.05, 3.63) is 0 Å². The molecule has 0 aliphatic heterocycles. The molecule has 0 aromatic rings. The van der Waals surface area contributed by atoms with Gasteiger partial charge in [0.25, 0.3) is 0 Å². The molecule has 0 unspecified atom stereocenters. The Bertz CT molecular complexity index is 65.5.